The number of rotatable bonds is 4. The van der Waals surface area contributed by atoms with E-state index in [2.05, 4.69) is 158 Å². The van der Waals surface area contributed by atoms with E-state index < -0.39 is 0 Å². The first-order valence-electron chi connectivity index (χ1n) is 17.8. The fourth-order valence-corrected chi connectivity index (χ4v) is 8.33. The molecular weight excluding hydrogens is 633 g/mol. The van der Waals surface area contributed by atoms with Gasteiger partial charge in [0.2, 0.25) is 0 Å². The molecule has 0 radical (unpaired) electrons. The van der Waals surface area contributed by atoms with Crippen molar-refractivity contribution in [1.29, 1.82) is 0 Å². The Balaban J connectivity index is 1.05. The molecule has 2 heterocycles. The van der Waals surface area contributed by atoms with Gasteiger partial charge in [-0.25, -0.2) is 0 Å². The summed E-state index contributed by atoms with van der Waals surface area (Å²) in [6, 6.07) is 65.2. The van der Waals surface area contributed by atoms with Crippen LogP contribution in [0.15, 0.2) is 191 Å². The lowest BCUT2D eigenvalue weighted by molar-refractivity contribution is 0.668. The molecule has 11 aromatic rings. The highest BCUT2D eigenvalue weighted by Gasteiger charge is 2.18. The number of hydrogen-bond acceptors (Lipinski definition) is 2. The predicted octanol–water partition coefficient (Wildman–Crippen LogP) is 14.5. The van der Waals surface area contributed by atoms with Crippen LogP contribution in [0.3, 0.4) is 0 Å². The summed E-state index contributed by atoms with van der Waals surface area (Å²) < 4.78 is 12.5. The first-order valence-corrected chi connectivity index (χ1v) is 17.8. The molecule has 242 valence electrons. The smallest absolute Gasteiger partial charge is 0.136 e. The first-order chi connectivity index (χ1) is 25.8. The second-order valence-corrected chi connectivity index (χ2v) is 13.6. The van der Waals surface area contributed by atoms with Gasteiger partial charge in [-0.2, -0.15) is 0 Å². The highest BCUT2D eigenvalue weighted by Crippen LogP contribution is 2.45. The Morgan fingerprint density at radius 2 is 0.635 bits per heavy atom. The highest BCUT2D eigenvalue weighted by molar-refractivity contribution is 6.22. The maximum Gasteiger partial charge on any atom is 0.136 e. The molecule has 2 heteroatoms. The molecule has 0 fully saturated rings. The highest BCUT2D eigenvalue weighted by atomic mass is 16.3. The summed E-state index contributed by atoms with van der Waals surface area (Å²) in [5.74, 6) is 0. The zero-order chi connectivity index (χ0) is 34.2. The van der Waals surface area contributed by atoms with Crippen molar-refractivity contribution in [3.63, 3.8) is 0 Å². The lowest BCUT2D eigenvalue weighted by Gasteiger charge is -2.18. The van der Waals surface area contributed by atoms with Crippen molar-refractivity contribution in [1.82, 2.24) is 0 Å². The van der Waals surface area contributed by atoms with Crippen LogP contribution in [0, 0.1) is 0 Å². The molecule has 0 N–H and O–H groups in total. The van der Waals surface area contributed by atoms with Crippen molar-refractivity contribution in [2.45, 2.75) is 0 Å². The Kier molecular flexibility index (Phi) is 6.28. The normalized spacial score (nSPS) is 11.8. The van der Waals surface area contributed by atoms with Gasteiger partial charge in [0, 0.05) is 21.5 Å². The molecule has 11 rings (SSSR count). The van der Waals surface area contributed by atoms with Gasteiger partial charge in [0.1, 0.15) is 22.3 Å². The van der Waals surface area contributed by atoms with Gasteiger partial charge in [-0.05, 0) is 102 Å². The van der Waals surface area contributed by atoms with Crippen molar-refractivity contribution in [2.24, 2.45) is 0 Å². The van der Waals surface area contributed by atoms with Crippen LogP contribution in [0.25, 0.3) is 110 Å². The molecule has 0 saturated carbocycles. The van der Waals surface area contributed by atoms with E-state index in [9.17, 15) is 0 Å². The van der Waals surface area contributed by atoms with E-state index in [0.717, 1.165) is 49.4 Å². The van der Waals surface area contributed by atoms with E-state index in [1.54, 1.807) is 0 Å². The van der Waals surface area contributed by atoms with Gasteiger partial charge in [0.25, 0.3) is 0 Å². The predicted molar refractivity (Wildman–Crippen MR) is 218 cm³/mol. The van der Waals surface area contributed by atoms with Gasteiger partial charge in [-0.1, -0.05) is 146 Å². The van der Waals surface area contributed by atoms with Gasteiger partial charge >= 0.3 is 0 Å². The average Bonchev–Trinajstić information content (AvgIpc) is 3.77. The summed E-state index contributed by atoms with van der Waals surface area (Å²) in [4.78, 5) is 0. The zero-order valence-corrected chi connectivity index (χ0v) is 28.1. The molecule has 9 aromatic carbocycles. The Hall–Kier alpha value is -6.90. The lowest BCUT2D eigenvalue weighted by atomic mass is 9.85. The van der Waals surface area contributed by atoms with E-state index in [0.29, 0.717) is 0 Å². The molecule has 0 aliphatic rings. The number of fused-ring (bicyclic) bond motifs is 8. The first kappa shape index (κ1) is 28.9. The SMILES string of the molecule is c1ccc(-c2ccc3oc4ccccc4c3c2)c(-c2ccc(-c3c4ccccc4c(-c4ccc5c(c4)oc4ccccc45)c4ccccc34)cc2)c1. The van der Waals surface area contributed by atoms with Gasteiger partial charge in [-0.15, -0.1) is 0 Å². The fraction of sp³-hybridized carbons (Fsp3) is 0. The van der Waals surface area contributed by atoms with Crippen molar-refractivity contribution in [2.75, 3.05) is 0 Å². The maximum atomic E-state index is 6.34. The largest absolute Gasteiger partial charge is 0.456 e. The third kappa shape index (κ3) is 4.38. The third-order valence-electron chi connectivity index (χ3n) is 10.7. The summed E-state index contributed by atoms with van der Waals surface area (Å²) in [5, 5.41) is 9.48. The minimum atomic E-state index is 0.907. The Morgan fingerprint density at radius 3 is 1.27 bits per heavy atom. The molecular formula is C50H30O2. The molecule has 0 amide bonds. The van der Waals surface area contributed by atoms with Crippen molar-refractivity contribution in [3.8, 4) is 44.5 Å². The van der Waals surface area contributed by atoms with Crippen LogP contribution in [0.5, 0.6) is 0 Å². The molecule has 0 aliphatic carbocycles. The molecule has 2 nitrogen and oxygen atoms in total. The van der Waals surface area contributed by atoms with Crippen LogP contribution in [0.1, 0.15) is 0 Å². The van der Waals surface area contributed by atoms with E-state index in [4.69, 9.17) is 8.83 Å². The molecule has 0 aliphatic heterocycles. The number of para-hydroxylation sites is 2. The third-order valence-corrected chi connectivity index (χ3v) is 10.7. The van der Waals surface area contributed by atoms with Crippen LogP contribution in [0.2, 0.25) is 0 Å². The second-order valence-electron chi connectivity index (χ2n) is 13.6. The van der Waals surface area contributed by atoms with Gasteiger partial charge in [0.05, 0.1) is 0 Å². The lowest BCUT2D eigenvalue weighted by Crippen LogP contribution is -1.91. The summed E-state index contributed by atoms with van der Waals surface area (Å²) >= 11 is 0. The van der Waals surface area contributed by atoms with E-state index in [1.807, 2.05) is 24.3 Å². The Morgan fingerprint density at radius 1 is 0.231 bits per heavy atom. The fourth-order valence-electron chi connectivity index (χ4n) is 8.33. The molecule has 0 saturated heterocycles. The molecule has 0 atom stereocenters. The van der Waals surface area contributed by atoms with Crippen molar-refractivity contribution in [3.05, 3.63) is 182 Å². The average molecular weight is 663 g/mol. The van der Waals surface area contributed by atoms with Crippen LogP contribution >= 0.6 is 0 Å². The Bertz CT molecular complexity index is 3120. The molecule has 0 spiro atoms. The minimum absolute atomic E-state index is 0.907. The summed E-state index contributed by atoms with van der Waals surface area (Å²) in [7, 11) is 0. The molecule has 52 heavy (non-hydrogen) atoms. The summed E-state index contributed by atoms with van der Waals surface area (Å²) in [6.07, 6.45) is 0. The van der Waals surface area contributed by atoms with Crippen LogP contribution in [-0.2, 0) is 0 Å². The van der Waals surface area contributed by atoms with Crippen molar-refractivity contribution >= 4 is 65.4 Å². The topological polar surface area (TPSA) is 26.3 Å². The number of hydrogen-bond donors (Lipinski definition) is 0. The van der Waals surface area contributed by atoms with Crippen LogP contribution in [0.4, 0.5) is 0 Å². The van der Waals surface area contributed by atoms with Crippen molar-refractivity contribution < 1.29 is 8.83 Å². The van der Waals surface area contributed by atoms with E-state index >= 15 is 0 Å². The molecule has 0 unspecified atom stereocenters. The zero-order valence-electron chi connectivity index (χ0n) is 28.1. The van der Waals surface area contributed by atoms with Crippen LogP contribution in [-0.4, -0.2) is 0 Å². The Labute approximate surface area is 299 Å². The molecule has 0 bridgehead atoms. The van der Waals surface area contributed by atoms with Crippen LogP contribution < -0.4 is 0 Å². The quantitative estimate of drug-likeness (QED) is 0.175. The monoisotopic (exact) mass is 662 g/mol. The number of furan rings is 2. The standard InChI is InChI=1S/C50H30O2/c1-2-12-36(33-26-28-47-44(29-33)38-14-8-10-20-46(38)51-47)35(11-1)31-21-23-32(24-22-31)49-40-15-3-5-17-42(40)50(43-18-6-4-16-41(43)49)34-25-27-39-37-13-7-9-19-45(37)52-48(39)30-34/h1-30H. The summed E-state index contributed by atoms with van der Waals surface area (Å²) in [5.41, 5.74) is 13.2. The van der Waals surface area contributed by atoms with E-state index in [1.165, 1.54) is 60.5 Å². The van der Waals surface area contributed by atoms with E-state index in [-0.39, 0.29) is 0 Å². The van der Waals surface area contributed by atoms with Gasteiger partial charge in [0.15, 0.2) is 0 Å². The summed E-state index contributed by atoms with van der Waals surface area (Å²) in [6.45, 7) is 0. The second kappa shape index (κ2) is 11.3. The number of benzene rings is 9. The van der Waals surface area contributed by atoms with Gasteiger partial charge in [-0.3, -0.25) is 0 Å². The minimum Gasteiger partial charge on any atom is -0.456 e. The van der Waals surface area contributed by atoms with Gasteiger partial charge < -0.3 is 8.83 Å². The maximum absolute atomic E-state index is 6.34. The molecule has 2 aromatic heterocycles.